The number of hydrogen-bond acceptors (Lipinski definition) is 1. The van der Waals surface area contributed by atoms with Crippen LogP contribution in [-0.2, 0) is 12.8 Å². The third kappa shape index (κ3) is 4.26. The second-order valence-corrected chi connectivity index (χ2v) is 7.15. The van der Waals surface area contributed by atoms with E-state index in [2.05, 4.69) is 86.6 Å². The number of hydrogen-bond donors (Lipinski definition) is 0. The van der Waals surface area contributed by atoms with Crippen LogP contribution in [0, 0.1) is 0 Å². The molecule has 5 rings (SSSR count). The van der Waals surface area contributed by atoms with Crippen LogP contribution in [0.2, 0.25) is 0 Å². The van der Waals surface area contributed by atoms with Crippen molar-refractivity contribution in [2.45, 2.75) is 40.5 Å². The van der Waals surface area contributed by atoms with Crippen LogP contribution in [0.3, 0.4) is 0 Å². The Hall–Kier alpha value is -3.06. The summed E-state index contributed by atoms with van der Waals surface area (Å²) in [5, 5.41) is 7.70. The van der Waals surface area contributed by atoms with Gasteiger partial charge in [0.25, 0.3) is 0 Å². The molecule has 0 saturated heterocycles. The van der Waals surface area contributed by atoms with Crippen LogP contribution in [0.15, 0.2) is 78.9 Å². The Balaban J connectivity index is 0.000000183. The Morgan fingerprint density at radius 3 is 1.53 bits per heavy atom. The molecule has 0 radical (unpaired) electrons. The third-order valence-electron chi connectivity index (χ3n) is 5.55. The van der Waals surface area contributed by atoms with Gasteiger partial charge in [0.05, 0.1) is 7.11 Å². The van der Waals surface area contributed by atoms with Gasteiger partial charge >= 0.3 is 0 Å². The van der Waals surface area contributed by atoms with Crippen LogP contribution in [-0.4, -0.2) is 7.11 Å². The summed E-state index contributed by atoms with van der Waals surface area (Å²) < 4.78 is 5.47. The molecule has 0 heterocycles. The van der Waals surface area contributed by atoms with Crippen molar-refractivity contribution >= 4 is 32.3 Å². The lowest BCUT2D eigenvalue weighted by molar-refractivity contribution is 0.420. The van der Waals surface area contributed by atoms with Crippen LogP contribution in [0.25, 0.3) is 32.3 Å². The van der Waals surface area contributed by atoms with Crippen LogP contribution >= 0.6 is 0 Å². The van der Waals surface area contributed by atoms with Gasteiger partial charge in [-0.05, 0) is 57.6 Å². The van der Waals surface area contributed by atoms with Gasteiger partial charge in [-0.15, -0.1) is 0 Å². The molecule has 154 valence electrons. The molecular formula is C29H32O. The second-order valence-electron chi connectivity index (χ2n) is 7.15. The van der Waals surface area contributed by atoms with Gasteiger partial charge in [0.15, 0.2) is 0 Å². The summed E-state index contributed by atoms with van der Waals surface area (Å²) in [5.74, 6) is 0.945. The van der Waals surface area contributed by atoms with Gasteiger partial charge in [0.1, 0.15) is 5.75 Å². The Kier molecular flexibility index (Phi) is 7.30. The summed E-state index contributed by atoms with van der Waals surface area (Å²) in [6.45, 7) is 8.36. The van der Waals surface area contributed by atoms with E-state index >= 15 is 0 Å². The van der Waals surface area contributed by atoms with Crippen molar-refractivity contribution in [1.82, 2.24) is 0 Å². The second kappa shape index (κ2) is 10.1. The van der Waals surface area contributed by atoms with Gasteiger partial charge < -0.3 is 4.74 Å². The summed E-state index contributed by atoms with van der Waals surface area (Å²) in [6, 6.07) is 28.2. The van der Waals surface area contributed by atoms with Crippen LogP contribution in [0.4, 0.5) is 0 Å². The molecule has 0 aliphatic carbocycles. The number of methoxy groups -OCH3 is 1. The van der Waals surface area contributed by atoms with E-state index in [0.717, 1.165) is 18.6 Å². The van der Waals surface area contributed by atoms with Gasteiger partial charge in [-0.1, -0.05) is 94.4 Å². The highest BCUT2D eigenvalue weighted by atomic mass is 16.5. The molecule has 0 saturated carbocycles. The maximum absolute atomic E-state index is 5.47. The first-order chi connectivity index (χ1) is 14.7. The van der Waals surface area contributed by atoms with Crippen molar-refractivity contribution in [3.05, 3.63) is 90.0 Å². The monoisotopic (exact) mass is 396 g/mol. The first-order valence-electron chi connectivity index (χ1n) is 11.0. The average Bonchev–Trinajstić information content (AvgIpc) is 2.84. The molecule has 0 N–H and O–H groups in total. The molecule has 1 heteroatoms. The zero-order valence-corrected chi connectivity index (χ0v) is 18.8. The minimum Gasteiger partial charge on any atom is -0.496 e. The number of rotatable bonds is 3. The largest absolute Gasteiger partial charge is 0.496 e. The molecule has 0 unspecified atom stereocenters. The van der Waals surface area contributed by atoms with Crippen molar-refractivity contribution in [2.24, 2.45) is 0 Å². The SMILES string of the molecule is CC.CCc1ccc(CC)cc1.COc1ccc2ccc3cccc4ccc1c2c34. The van der Waals surface area contributed by atoms with Crippen LogP contribution in [0.1, 0.15) is 38.8 Å². The van der Waals surface area contributed by atoms with E-state index in [9.17, 15) is 0 Å². The summed E-state index contributed by atoms with van der Waals surface area (Å²) in [5.41, 5.74) is 2.86. The third-order valence-corrected chi connectivity index (χ3v) is 5.55. The minimum atomic E-state index is 0.945. The first kappa shape index (κ1) is 21.6. The fraction of sp³-hybridized carbons (Fsp3) is 0.241. The van der Waals surface area contributed by atoms with Gasteiger partial charge in [-0.25, -0.2) is 0 Å². The van der Waals surface area contributed by atoms with Crippen molar-refractivity contribution in [1.29, 1.82) is 0 Å². The van der Waals surface area contributed by atoms with Crippen molar-refractivity contribution in [3.63, 3.8) is 0 Å². The summed E-state index contributed by atoms with van der Waals surface area (Å²) in [7, 11) is 1.73. The molecule has 0 aliphatic rings. The zero-order chi connectivity index (χ0) is 21.5. The Labute approximate surface area is 180 Å². The first-order valence-corrected chi connectivity index (χ1v) is 11.0. The maximum Gasteiger partial charge on any atom is 0.126 e. The topological polar surface area (TPSA) is 9.23 Å². The van der Waals surface area contributed by atoms with Gasteiger partial charge in [0.2, 0.25) is 0 Å². The molecule has 0 aliphatic heterocycles. The van der Waals surface area contributed by atoms with E-state index in [4.69, 9.17) is 4.74 Å². The zero-order valence-electron chi connectivity index (χ0n) is 18.8. The van der Waals surface area contributed by atoms with Gasteiger partial charge in [-0.2, -0.15) is 0 Å². The molecule has 0 atom stereocenters. The van der Waals surface area contributed by atoms with E-state index in [1.165, 1.54) is 43.4 Å². The lowest BCUT2D eigenvalue weighted by atomic mass is 9.94. The molecule has 30 heavy (non-hydrogen) atoms. The fourth-order valence-electron chi connectivity index (χ4n) is 3.90. The maximum atomic E-state index is 5.47. The number of ether oxygens (including phenoxy) is 1. The lowest BCUT2D eigenvalue weighted by Crippen LogP contribution is -1.88. The molecule has 0 spiro atoms. The van der Waals surface area contributed by atoms with Crippen molar-refractivity contribution in [2.75, 3.05) is 7.11 Å². The quantitative estimate of drug-likeness (QED) is 0.278. The molecule has 1 nitrogen and oxygen atoms in total. The van der Waals surface area contributed by atoms with E-state index in [-0.39, 0.29) is 0 Å². The van der Waals surface area contributed by atoms with Crippen LogP contribution < -0.4 is 4.74 Å². The summed E-state index contributed by atoms with van der Waals surface area (Å²) in [6.07, 6.45) is 2.29. The summed E-state index contributed by atoms with van der Waals surface area (Å²) >= 11 is 0. The fourth-order valence-corrected chi connectivity index (χ4v) is 3.90. The number of aryl methyl sites for hydroxylation is 2. The Morgan fingerprint density at radius 1 is 0.567 bits per heavy atom. The molecule has 5 aromatic carbocycles. The highest BCUT2D eigenvalue weighted by Gasteiger charge is 2.10. The highest BCUT2D eigenvalue weighted by molar-refractivity contribution is 6.24. The molecule has 0 amide bonds. The predicted octanol–water partition coefficient (Wildman–Crippen LogP) is 8.43. The Morgan fingerprint density at radius 2 is 1.03 bits per heavy atom. The van der Waals surface area contributed by atoms with E-state index in [0.29, 0.717) is 0 Å². The van der Waals surface area contributed by atoms with Crippen molar-refractivity contribution in [3.8, 4) is 5.75 Å². The lowest BCUT2D eigenvalue weighted by Gasteiger charge is -2.12. The molecule has 0 bridgehead atoms. The van der Waals surface area contributed by atoms with Gasteiger partial charge in [-0.3, -0.25) is 0 Å². The van der Waals surface area contributed by atoms with Crippen LogP contribution in [0.5, 0.6) is 5.75 Å². The molecular weight excluding hydrogens is 364 g/mol. The van der Waals surface area contributed by atoms with Crippen molar-refractivity contribution < 1.29 is 4.74 Å². The Bertz CT molecular complexity index is 1160. The molecule has 0 aromatic heterocycles. The molecule has 5 aromatic rings. The van der Waals surface area contributed by atoms with E-state index in [1.807, 2.05) is 19.9 Å². The van der Waals surface area contributed by atoms with E-state index in [1.54, 1.807) is 7.11 Å². The molecule has 0 fully saturated rings. The van der Waals surface area contributed by atoms with Gasteiger partial charge in [0, 0.05) is 10.8 Å². The average molecular weight is 397 g/mol. The highest BCUT2D eigenvalue weighted by Crippen LogP contribution is 2.38. The standard InChI is InChI=1S/C17H12O.C10H14.C2H6/c1-18-15-10-8-13-6-5-11-3-2-4-12-7-9-14(15)17(13)16(11)12;1-3-9-5-7-10(4-2)8-6-9;1-2/h2-10H,1H3;5-8H,3-4H2,1-2H3;1-2H3. The minimum absolute atomic E-state index is 0.945. The summed E-state index contributed by atoms with van der Waals surface area (Å²) in [4.78, 5) is 0. The predicted molar refractivity (Wildman–Crippen MR) is 133 cm³/mol. The smallest absolute Gasteiger partial charge is 0.126 e. The van der Waals surface area contributed by atoms with E-state index < -0.39 is 0 Å². The number of benzene rings is 5. The normalized spacial score (nSPS) is 10.4.